The molecule has 32 heavy (non-hydrogen) atoms. The summed E-state index contributed by atoms with van der Waals surface area (Å²) < 4.78 is 16.6. The van der Waals surface area contributed by atoms with Crippen LogP contribution in [0.15, 0.2) is 78.9 Å². The van der Waals surface area contributed by atoms with E-state index in [2.05, 4.69) is 48.7 Å². The summed E-state index contributed by atoms with van der Waals surface area (Å²) in [4.78, 5) is 0. The van der Waals surface area contributed by atoms with Gasteiger partial charge in [-0.05, 0) is 20.8 Å². The van der Waals surface area contributed by atoms with Gasteiger partial charge in [-0.25, -0.2) is 0 Å². The zero-order valence-electron chi connectivity index (χ0n) is 18.5. The number of hydrogen-bond acceptors (Lipinski definition) is 2. The number of benzene rings is 3. The summed E-state index contributed by atoms with van der Waals surface area (Å²) in [5, 5.41) is 0. The quantitative estimate of drug-likeness (QED) is 0.234. The zero-order valence-corrected chi connectivity index (χ0v) is 22.5. The summed E-state index contributed by atoms with van der Waals surface area (Å²) in [6.07, 6.45) is 0. The molecule has 0 heterocycles. The molecule has 0 radical (unpaired) electrons. The summed E-state index contributed by atoms with van der Waals surface area (Å²) >= 11 is 1.07. The predicted octanol–water partition coefficient (Wildman–Crippen LogP) is 7.65. The van der Waals surface area contributed by atoms with E-state index in [4.69, 9.17) is 19.9 Å². The van der Waals surface area contributed by atoms with Crippen LogP contribution in [-0.2, 0) is 28.9 Å². The van der Waals surface area contributed by atoms with E-state index in [1.807, 2.05) is 78.0 Å². The van der Waals surface area contributed by atoms with Crippen LogP contribution in [0, 0.1) is 65.9 Å². The Morgan fingerprint density at radius 2 is 0.906 bits per heavy atom. The molecule has 0 aromatic heterocycles. The molecular formula is C24H29ArClN2O2RuS. The average Bonchev–Trinajstić information content (AvgIpc) is 2.75. The Hall–Kier alpha value is -0.427. The Morgan fingerprint density at radius 3 is 1.12 bits per heavy atom. The molecule has 1 unspecified atom stereocenters. The molecule has 0 aliphatic carbocycles. The third kappa shape index (κ3) is 15.4. The molecule has 0 fully saturated rings. The van der Waals surface area contributed by atoms with Crippen molar-refractivity contribution >= 4 is 21.3 Å². The van der Waals surface area contributed by atoms with Crippen molar-refractivity contribution in [3.8, 4) is 0 Å². The summed E-state index contributed by atoms with van der Waals surface area (Å²) in [6.45, 7) is 6.38. The van der Waals surface area contributed by atoms with E-state index in [1.54, 1.807) is 0 Å². The van der Waals surface area contributed by atoms with Gasteiger partial charge in [0.05, 0.1) is 0 Å². The molecule has 8 heteroatoms. The molecule has 0 saturated heterocycles. The van der Waals surface area contributed by atoms with Crippen LogP contribution in [0.1, 0.15) is 39.9 Å². The Morgan fingerprint density at radius 1 is 0.688 bits per heavy atom. The van der Waals surface area contributed by atoms with E-state index in [-0.39, 0.29) is 45.2 Å². The van der Waals surface area contributed by atoms with E-state index in [1.165, 1.54) is 16.7 Å². The van der Waals surface area contributed by atoms with E-state index < -0.39 is 23.7 Å². The first-order valence-electron chi connectivity index (χ1n) is 9.01. The third-order valence-electron chi connectivity index (χ3n) is 4.02. The molecule has 0 amide bonds. The fourth-order valence-corrected chi connectivity index (χ4v) is 2.91. The van der Waals surface area contributed by atoms with Crippen LogP contribution in [0.4, 0.5) is 0 Å². The van der Waals surface area contributed by atoms with Crippen LogP contribution >= 0.6 is 9.69 Å². The number of rotatable bonds is 3. The van der Waals surface area contributed by atoms with Crippen molar-refractivity contribution in [2.75, 3.05) is 0 Å². The number of aryl methyl sites for hydroxylation is 3. The van der Waals surface area contributed by atoms with Gasteiger partial charge in [-0.2, -0.15) is 8.42 Å². The maximum Gasteiger partial charge on any atom is -0.0606 e. The summed E-state index contributed by atoms with van der Waals surface area (Å²) in [6, 6.07) is 24.6. The maximum absolute atomic E-state index is 8.29. The van der Waals surface area contributed by atoms with Crippen molar-refractivity contribution in [2.24, 2.45) is 0 Å². The van der Waals surface area contributed by atoms with Crippen molar-refractivity contribution in [2.45, 2.75) is 32.9 Å². The van der Waals surface area contributed by atoms with Gasteiger partial charge >= 0.3 is 38.6 Å². The molecule has 176 valence electrons. The maximum atomic E-state index is 8.29. The van der Waals surface area contributed by atoms with Crippen molar-refractivity contribution in [1.82, 2.24) is 0 Å². The molecule has 4 nitrogen and oxygen atoms in total. The molecule has 3 aromatic rings. The van der Waals surface area contributed by atoms with Crippen LogP contribution < -0.4 is 0 Å². The second-order valence-electron chi connectivity index (χ2n) is 6.51. The van der Waals surface area contributed by atoms with Crippen molar-refractivity contribution < 1.29 is 63.5 Å². The monoisotopic (exact) mass is 586 g/mol. The topological polar surface area (TPSA) is 81.7 Å². The van der Waals surface area contributed by atoms with Crippen LogP contribution in [0.3, 0.4) is 0 Å². The first kappa shape index (κ1) is 36.1. The van der Waals surface area contributed by atoms with Crippen LogP contribution in [0.25, 0.3) is 11.5 Å². The molecule has 3 aromatic carbocycles. The van der Waals surface area contributed by atoms with E-state index in [0.29, 0.717) is 0 Å². The van der Waals surface area contributed by atoms with Crippen molar-refractivity contribution in [1.29, 1.82) is 0 Å². The Labute approximate surface area is 240 Å². The van der Waals surface area contributed by atoms with Gasteiger partial charge in [-0.15, -0.1) is 12.1 Å². The molecule has 0 saturated carbocycles. The van der Waals surface area contributed by atoms with Gasteiger partial charge in [0.15, 0.2) is 0 Å². The zero-order chi connectivity index (χ0) is 22.9. The van der Waals surface area contributed by atoms with Crippen LogP contribution in [0.2, 0.25) is 0 Å². The standard InChI is InChI=1S/C14H14N2.C9H12.CH3.Ar.ClH.O2S.Ru/c15-13(11-7-3-1-4-8-11)14(16)12-9-5-2-6-10-12;1-7-4-8(2)6-9(3)5-7;;;;1-3-2;/h1-10,13-16H;4-6H,1-3H3;1H3;;1H;;/q-2;;-1;;;;+4/p-1/t13-,14?;;;;;;/m0....../s1. The van der Waals surface area contributed by atoms with Gasteiger partial charge < -0.3 is 18.9 Å². The minimum atomic E-state index is -0.750. The largest absolute Gasteiger partial charge is 0.672 e. The summed E-state index contributed by atoms with van der Waals surface area (Å²) in [5.41, 5.74) is 22.0. The molecule has 0 spiro atoms. The molecule has 2 N–H and O–H groups in total. The molecule has 3 rings (SSSR count). The van der Waals surface area contributed by atoms with Gasteiger partial charge in [0.25, 0.3) is 0 Å². The molecule has 0 aliphatic rings. The van der Waals surface area contributed by atoms with E-state index in [0.717, 1.165) is 11.1 Å². The first-order chi connectivity index (χ1) is 14.4. The minimum Gasteiger partial charge on any atom is -0.672 e. The van der Waals surface area contributed by atoms with E-state index in [9.17, 15) is 0 Å². The van der Waals surface area contributed by atoms with Crippen molar-refractivity contribution in [3.05, 3.63) is 126 Å². The first-order valence-corrected chi connectivity index (χ1v) is 11.9. The molecule has 2 atom stereocenters. The van der Waals surface area contributed by atoms with Crippen molar-refractivity contribution in [3.63, 3.8) is 0 Å². The number of nitrogens with one attached hydrogen (secondary N) is 2. The normalized spacial score (nSPS) is 10.4. The minimum absolute atomic E-state index is 0. The fraction of sp³-hybridized carbons (Fsp3) is 0.208. The Kier molecular flexibility index (Phi) is 25.3. The molecule has 0 bridgehead atoms. The average molecular weight is 586 g/mol. The smallest absolute Gasteiger partial charge is 0.0606 e. The molecular weight excluding hydrogens is 557 g/mol. The predicted molar refractivity (Wildman–Crippen MR) is 129 cm³/mol. The van der Waals surface area contributed by atoms with Crippen LogP contribution in [-0.4, -0.2) is 8.42 Å². The third-order valence-corrected chi connectivity index (χ3v) is 4.02. The molecule has 0 aliphatic heterocycles. The van der Waals surface area contributed by atoms with Gasteiger partial charge in [-0.1, -0.05) is 107 Å². The number of halogens is 1. The second kappa shape index (κ2) is 22.4. The number of hydrogen-bond donors (Lipinski definition) is 0. The van der Waals surface area contributed by atoms with E-state index >= 15 is 0 Å². The SMILES string of the molecule is Cc1cc(C)cc(C)c1.O=S=O.[Ar].[CH3-].[Cl][Ru+3].[NH-]C(c1ccccc1)[C@@H]([NH-])c1ccccc1. The van der Waals surface area contributed by atoms with Gasteiger partial charge in [0, 0.05) is 37.7 Å². The summed E-state index contributed by atoms with van der Waals surface area (Å²) in [5.74, 6) is 0. The van der Waals surface area contributed by atoms with Gasteiger partial charge in [0.1, 0.15) is 0 Å². The Bertz CT molecular complexity index is 790. The van der Waals surface area contributed by atoms with Crippen LogP contribution in [0.5, 0.6) is 0 Å². The Balaban J connectivity index is -0.000000451. The second-order valence-corrected chi connectivity index (χ2v) is 6.65. The van der Waals surface area contributed by atoms with Gasteiger partial charge in [0.2, 0.25) is 0 Å². The summed E-state index contributed by atoms with van der Waals surface area (Å²) in [7, 11) is 4.57. The fourth-order valence-electron chi connectivity index (χ4n) is 2.91. The van der Waals surface area contributed by atoms with Gasteiger partial charge in [-0.3, -0.25) is 0 Å².